The number of hydrogen-bond acceptors (Lipinski definition) is 4. The van der Waals surface area contributed by atoms with Crippen molar-refractivity contribution in [3.8, 4) is 0 Å². The van der Waals surface area contributed by atoms with Gasteiger partial charge in [0.1, 0.15) is 5.82 Å². The molecule has 0 aliphatic carbocycles. The van der Waals surface area contributed by atoms with Crippen molar-refractivity contribution in [3.05, 3.63) is 88.3 Å². The highest BCUT2D eigenvalue weighted by atomic mass is 35.5. The number of nitrogens with one attached hydrogen (secondary N) is 1. The third-order valence-electron chi connectivity index (χ3n) is 3.84. The largest absolute Gasteiger partial charge is 0.387 e. The highest BCUT2D eigenvalue weighted by Crippen LogP contribution is 2.16. The minimum Gasteiger partial charge on any atom is -0.387 e. The van der Waals surface area contributed by atoms with Crippen LogP contribution in [0.3, 0.4) is 0 Å². The van der Waals surface area contributed by atoms with Crippen LogP contribution in [0.1, 0.15) is 40.2 Å². The van der Waals surface area contributed by atoms with E-state index in [1.165, 1.54) is 6.20 Å². The predicted octanol–water partition coefficient (Wildman–Crippen LogP) is 4.03. The van der Waals surface area contributed by atoms with E-state index in [-0.39, 0.29) is 5.91 Å². The summed E-state index contributed by atoms with van der Waals surface area (Å²) in [6.07, 6.45) is 3.21. The summed E-state index contributed by atoms with van der Waals surface area (Å²) in [5.74, 6) is 0.161. The molecule has 0 radical (unpaired) electrons. The molecule has 0 aliphatic heterocycles. The molecule has 3 aromatic rings. The van der Waals surface area contributed by atoms with E-state index < -0.39 is 6.10 Å². The number of carbonyl (C=O) groups is 1. The van der Waals surface area contributed by atoms with Gasteiger partial charge in [-0.15, -0.1) is 0 Å². The summed E-state index contributed by atoms with van der Waals surface area (Å²) in [7, 11) is 0. The summed E-state index contributed by atoms with van der Waals surface area (Å²) < 4.78 is 0. The molecule has 2 heterocycles. The summed E-state index contributed by atoms with van der Waals surface area (Å²) in [6, 6.07) is 14.6. The van der Waals surface area contributed by atoms with E-state index in [1.807, 2.05) is 30.3 Å². The zero-order valence-electron chi connectivity index (χ0n) is 14.2. The average Bonchev–Trinajstić information content (AvgIpc) is 2.63. The van der Waals surface area contributed by atoms with Gasteiger partial charge in [0.05, 0.1) is 17.4 Å². The van der Waals surface area contributed by atoms with Gasteiger partial charge >= 0.3 is 0 Å². The summed E-state index contributed by atoms with van der Waals surface area (Å²) >= 11 is 6.00. The van der Waals surface area contributed by atoms with Crippen molar-refractivity contribution in [2.75, 3.05) is 5.32 Å². The van der Waals surface area contributed by atoms with E-state index >= 15 is 0 Å². The van der Waals surface area contributed by atoms with E-state index in [1.54, 1.807) is 31.3 Å². The molecule has 0 spiro atoms. The minimum atomic E-state index is -0.666. The first-order chi connectivity index (χ1) is 12.5. The molecule has 2 N–H and O–H groups in total. The predicted molar refractivity (Wildman–Crippen MR) is 101 cm³/mol. The van der Waals surface area contributed by atoms with Crippen LogP contribution in [0.5, 0.6) is 0 Å². The van der Waals surface area contributed by atoms with Gasteiger partial charge in [-0.05, 0) is 54.8 Å². The minimum absolute atomic E-state index is 0.301. The van der Waals surface area contributed by atoms with Crippen LogP contribution < -0.4 is 5.32 Å². The molecule has 1 amide bonds. The van der Waals surface area contributed by atoms with Crippen LogP contribution in [-0.2, 0) is 6.42 Å². The lowest BCUT2D eigenvalue weighted by Crippen LogP contribution is -2.13. The van der Waals surface area contributed by atoms with Crippen LogP contribution in [0, 0.1) is 0 Å². The van der Waals surface area contributed by atoms with Gasteiger partial charge in [-0.1, -0.05) is 29.8 Å². The van der Waals surface area contributed by atoms with Gasteiger partial charge in [0.25, 0.3) is 5.91 Å². The molecule has 132 valence electrons. The number of aliphatic hydroxyl groups is 1. The molecule has 0 aliphatic rings. The average molecular weight is 368 g/mol. The Hall–Kier alpha value is -2.76. The van der Waals surface area contributed by atoms with E-state index in [4.69, 9.17) is 11.6 Å². The van der Waals surface area contributed by atoms with Crippen LogP contribution in [0.2, 0.25) is 5.02 Å². The summed E-state index contributed by atoms with van der Waals surface area (Å²) in [5, 5.41) is 12.9. The van der Waals surface area contributed by atoms with Gasteiger partial charge in [-0.3, -0.25) is 9.78 Å². The Balaban J connectivity index is 1.64. The Morgan fingerprint density at radius 2 is 1.96 bits per heavy atom. The number of hydrogen-bond donors (Lipinski definition) is 2. The first kappa shape index (κ1) is 18.0. The fourth-order valence-corrected chi connectivity index (χ4v) is 2.67. The summed E-state index contributed by atoms with van der Waals surface area (Å²) in [4.78, 5) is 20.6. The molecule has 0 saturated heterocycles. The Morgan fingerprint density at radius 1 is 1.12 bits per heavy atom. The molecule has 1 aromatic carbocycles. The molecule has 0 unspecified atom stereocenters. The van der Waals surface area contributed by atoms with Crippen molar-refractivity contribution in [1.29, 1.82) is 0 Å². The van der Waals surface area contributed by atoms with Crippen molar-refractivity contribution in [2.24, 2.45) is 0 Å². The number of halogens is 1. The van der Waals surface area contributed by atoms with E-state index in [2.05, 4.69) is 15.3 Å². The molecule has 3 rings (SSSR count). The molecular formula is C20H18ClN3O2. The lowest BCUT2D eigenvalue weighted by atomic mass is 10.1. The maximum Gasteiger partial charge on any atom is 0.258 e. The number of amides is 1. The maximum atomic E-state index is 12.2. The fourth-order valence-electron chi connectivity index (χ4n) is 2.46. The second-order valence-corrected chi connectivity index (χ2v) is 6.40. The first-order valence-electron chi connectivity index (χ1n) is 8.16. The van der Waals surface area contributed by atoms with E-state index in [0.717, 1.165) is 11.1 Å². The van der Waals surface area contributed by atoms with Crippen molar-refractivity contribution < 1.29 is 9.90 Å². The zero-order valence-corrected chi connectivity index (χ0v) is 14.9. The van der Waals surface area contributed by atoms with Crippen LogP contribution in [-0.4, -0.2) is 21.0 Å². The third-order valence-corrected chi connectivity index (χ3v) is 4.08. The summed E-state index contributed by atoms with van der Waals surface area (Å²) in [6.45, 7) is 1.62. The number of aromatic nitrogens is 2. The quantitative estimate of drug-likeness (QED) is 0.714. The van der Waals surface area contributed by atoms with Crippen LogP contribution >= 0.6 is 11.6 Å². The molecule has 0 fully saturated rings. The lowest BCUT2D eigenvalue weighted by molar-refractivity contribution is 0.102. The molecule has 0 saturated carbocycles. The third kappa shape index (κ3) is 4.65. The van der Waals surface area contributed by atoms with E-state index in [0.29, 0.717) is 28.5 Å². The normalized spacial score (nSPS) is 11.8. The first-order valence-corrected chi connectivity index (χ1v) is 8.54. The van der Waals surface area contributed by atoms with Crippen molar-refractivity contribution in [2.45, 2.75) is 19.4 Å². The Morgan fingerprint density at radius 3 is 2.58 bits per heavy atom. The number of aliphatic hydroxyl groups excluding tert-OH is 1. The van der Waals surface area contributed by atoms with Gasteiger partial charge in [-0.2, -0.15) is 0 Å². The molecular weight excluding hydrogens is 350 g/mol. The topological polar surface area (TPSA) is 75.1 Å². The number of nitrogens with zero attached hydrogens (tertiary/aromatic N) is 2. The van der Waals surface area contributed by atoms with Gasteiger partial charge in [-0.25, -0.2) is 4.98 Å². The smallest absolute Gasteiger partial charge is 0.258 e. The van der Waals surface area contributed by atoms with Gasteiger partial charge < -0.3 is 10.4 Å². The van der Waals surface area contributed by atoms with Crippen LogP contribution in [0.15, 0.2) is 60.9 Å². The number of pyridine rings is 2. The highest BCUT2D eigenvalue weighted by molar-refractivity contribution is 6.30. The Labute approximate surface area is 156 Å². The molecule has 2 aromatic heterocycles. The number of rotatable bonds is 5. The standard InChI is InChI=1S/C20H18ClN3O2/c1-13(25)18-7-6-16(12-22-18)20(26)24-19-8-5-15(11-23-19)9-14-3-2-4-17(21)10-14/h2-8,10-13,25H,9H2,1H3,(H,23,24,26)/t13-/m1/s1. The SMILES string of the molecule is C[C@@H](O)c1ccc(C(=O)Nc2ccc(Cc3cccc(Cl)c3)cn2)cn1. The molecule has 0 bridgehead atoms. The summed E-state index contributed by atoms with van der Waals surface area (Å²) in [5.41, 5.74) is 3.04. The maximum absolute atomic E-state index is 12.2. The second-order valence-electron chi connectivity index (χ2n) is 5.96. The van der Waals surface area contributed by atoms with Gasteiger partial charge in [0, 0.05) is 17.4 Å². The number of carbonyl (C=O) groups excluding carboxylic acids is 1. The number of anilines is 1. The van der Waals surface area contributed by atoms with Crippen molar-refractivity contribution in [1.82, 2.24) is 9.97 Å². The Bertz CT molecular complexity index is 894. The molecule has 1 atom stereocenters. The molecule has 5 nitrogen and oxygen atoms in total. The zero-order chi connectivity index (χ0) is 18.5. The van der Waals surface area contributed by atoms with Crippen molar-refractivity contribution in [3.63, 3.8) is 0 Å². The van der Waals surface area contributed by atoms with Gasteiger partial charge in [0.2, 0.25) is 0 Å². The van der Waals surface area contributed by atoms with E-state index in [9.17, 15) is 9.90 Å². The highest BCUT2D eigenvalue weighted by Gasteiger charge is 2.09. The van der Waals surface area contributed by atoms with Crippen molar-refractivity contribution >= 4 is 23.3 Å². The van der Waals surface area contributed by atoms with Crippen LogP contribution in [0.4, 0.5) is 5.82 Å². The number of benzene rings is 1. The van der Waals surface area contributed by atoms with Gasteiger partial charge in [0.15, 0.2) is 0 Å². The monoisotopic (exact) mass is 367 g/mol. The molecule has 26 heavy (non-hydrogen) atoms. The molecule has 6 heteroatoms. The fraction of sp³-hybridized carbons (Fsp3) is 0.150. The Kier molecular flexibility index (Phi) is 5.61. The second kappa shape index (κ2) is 8.08. The lowest BCUT2D eigenvalue weighted by Gasteiger charge is -2.07. The van der Waals surface area contributed by atoms with Crippen LogP contribution in [0.25, 0.3) is 0 Å².